The fraction of sp³-hybridized carbons (Fsp3) is 0.667. The molecular weight excluding hydrogens is 392 g/mol. The summed E-state index contributed by atoms with van der Waals surface area (Å²) < 4.78 is 38.3. The van der Waals surface area contributed by atoms with Gasteiger partial charge >= 0.3 is 0 Å². The van der Waals surface area contributed by atoms with E-state index in [4.69, 9.17) is 9.47 Å². The maximum atomic E-state index is 12.8. The highest BCUT2D eigenvalue weighted by Crippen LogP contribution is 2.26. The van der Waals surface area contributed by atoms with Gasteiger partial charge in [-0.25, -0.2) is 8.42 Å². The van der Waals surface area contributed by atoms with Gasteiger partial charge in [0.2, 0.25) is 15.9 Å². The lowest BCUT2D eigenvalue weighted by atomic mass is 9.97. The molecule has 1 amide bonds. The molecule has 0 radical (unpaired) electrons. The number of hydrogen-bond donors (Lipinski definition) is 0. The summed E-state index contributed by atoms with van der Waals surface area (Å²) in [5.41, 5.74) is 0.836. The zero-order chi connectivity index (χ0) is 20.3. The summed E-state index contributed by atoms with van der Waals surface area (Å²) in [6.45, 7) is 3.85. The van der Waals surface area contributed by atoms with E-state index in [2.05, 4.69) is 0 Å². The smallest absolute Gasteiger partial charge is 0.243 e. The van der Waals surface area contributed by atoms with Crippen LogP contribution in [0.1, 0.15) is 37.7 Å². The Morgan fingerprint density at radius 1 is 0.966 bits per heavy atom. The number of ether oxygens (including phenoxy) is 2. The van der Waals surface area contributed by atoms with Crippen molar-refractivity contribution in [2.75, 3.05) is 39.4 Å². The average molecular weight is 423 g/mol. The van der Waals surface area contributed by atoms with Crippen LogP contribution in [0.25, 0.3) is 0 Å². The van der Waals surface area contributed by atoms with Crippen LogP contribution in [0.5, 0.6) is 0 Å². The van der Waals surface area contributed by atoms with Gasteiger partial charge in [-0.05, 0) is 43.4 Å². The van der Waals surface area contributed by atoms with Gasteiger partial charge in [0.1, 0.15) is 0 Å². The molecule has 0 bridgehead atoms. The average Bonchev–Trinajstić information content (AvgIpc) is 3.30. The molecule has 4 rings (SSSR count). The number of amides is 1. The van der Waals surface area contributed by atoms with Crippen molar-refractivity contribution in [3.63, 3.8) is 0 Å². The van der Waals surface area contributed by atoms with Crippen molar-refractivity contribution in [2.24, 2.45) is 5.92 Å². The van der Waals surface area contributed by atoms with Crippen LogP contribution in [0.4, 0.5) is 0 Å². The summed E-state index contributed by atoms with van der Waals surface area (Å²) >= 11 is 0. The highest BCUT2D eigenvalue weighted by Gasteiger charge is 2.32. The second-order valence-electron chi connectivity index (χ2n) is 8.14. The van der Waals surface area contributed by atoms with E-state index < -0.39 is 10.0 Å². The van der Waals surface area contributed by atoms with Crippen LogP contribution >= 0.6 is 0 Å². The molecule has 3 saturated heterocycles. The number of nitrogens with zero attached hydrogens (tertiary/aromatic N) is 2. The number of carbonyl (C=O) groups excluding carboxylic acids is 1. The van der Waals surface area contributed by atoms with Gasteiger partial charge in [-0.1, -0.05) is 18.6 Å². The van der Waals surface area contributed by atoms with Gasteiger partial charge in [-0.2, -0.15) is 4.31 Å². The topological polar surface area (TPSA) is 76.2 Å². The number of benzene rings is 1. The minimum atomic E-state index is -3.43. The van der Waals surface area contributed by atoms with Crippen LogP contribution in [-0.4, -0.2) is 69.2 Å². The predicted molar refractivity (Wildman–Crippen MR) is 108 cm³/mol. The Morgan fingerprint density at radius 2 is 1.66 bits per heavy atom. The molecule has 29 heavy (non-hydrogen) atoms. The lowest BCUT2D eigenvalue weighted by molar-refractivity contribution is -0.138. The summed E-state index contributed by atoms with van der Waals surface area (Å²) in [4.78, 5) is 15.0. The SMILES string of the molecule is O=C(Cc1ccc(S(=O)(=O)N2CCCCC2)cc1)N1CCCC(C2OCCO2)C1. The van der Waals surface area contributed by atoms with Crippen molar-refractivity contribution in [3.05, 3.63) is 29.8 Å². The highest BCUT2D eigenvalue weighted by molar-refractivity contribution is 7.89. The zero-order valence-electron chi connectivity index (χ0n) is 16.8. The van der Waals surface area contributed by atoms with E-state index in [1.807, 2.05) is 4.90 Å². The lowest BCUT2D eigenvalue weighted by Crippen LogP contribution is -2.44. The van der Waals surface area contributed by atoms with Gasteiger partial charge in [0.15, 0.2) is 6.29 Å². The Morgan fingerprint density at radius 3 is 2.34 bits per heavy atom. The van der Waals surface area contributed by atoms with E-state index in [1.54, 1.807) is 28.6 Å². The Hall–Kier alpha value is -1.48. The monoisotopic (exact) mass is 422 g/mol. The first-order valence-corrected chi connectivity index (χ1v) is 12.1. The van der Waals surface area contributed by atoms with Gasteiger partial charge in [0.05, 0.1) is 24.5 Å². The van der Waals surface area contributed by atoms with Gasteiger partial charge in [-0.15, -0.1) is 0 Å². The van der Waals surface area contributed by atoms with Crippen molar-refractivity contribution in [3.8, 4) is 0 Å². The van der Waals surface area contributed by atoms with Gasteiger partial charge in [0.25, 0.3) is 0 Å². The molecule has 1 atom stereocenters. The van der Waals surface area contributed by atoms with Gasteiger partial charge < -0.3 is 14.4 Å². The van der Waals surface area contributed by atoms with Crippen LogP contribution < -0.4 is 0 Å². The molecule has 0 aromatic heterocycles. The molecule has 0 saturated carbocycles. The van der Waals surface area contributed by atoms with E-state index in [1.165, 1.54) is 0 Å². The van der Waals surface area contributed by atoms with Crippen LogP contribution in [0.3, 0.4) is 0 Å². The lowest BCUT2D eigenvalue weighted by Gasteiger charge is -2.34. The third-order valence-corrected chi connectivity index (χ3v) is 7.99. The van der Waals surface area contributed by atoms with Crippen LogP contribution in [0.2, 0.25) is 0 Å². The fourth-order valence-corrected chi connectivity index (χ4v) is 5.94. The fourth-order valence-electron chi connectivity index (χ4n) is 4.43. The van der Waals surface area contributed by atoms with Gasteiger partial charge in [-0.3, -0.25) is 4.79 Å². The molecule has 160 valence electrons. The molecule has 1 aromatic rings. The van der Waals surface area contributed by atoms with Crippen molar-refractivity contribution in [2.45, 2.75) is 49.7 Å². The second-order valence-corrected chi connectivity index (χ2v) is 10.1. The van der Waals surface area contributed by atoms with E-state index in [9.17, 15) is 13.2 Å². The number of sulfonamides is 1. The Bertz CT molecular complexity index is 799. The van der Waals surface area contributed by atoms with Crippen LogP contribution in [-0.2, 0) is 30.7 Å². The maximum Gasteiger partial charge on any atom is 0.243 e. The number of rotatable bonds is 5. The zero-order valence-corrected chi connectivity index (χ0v) is 17.6. The van der Waals surface area contributed by atoms with E-state index in [0.29, 0.717) is 37.7 Å². The third-order valence-electron chi connectivity index (χ3n) is 6.07. The van der Waals surface area contributed by atoms with Crippen LogP contribution in [0.15, 0.2) is 29.2 Å². The molecule has 0 N–H and O–H groups in total. The minimum Gasteiger partial charge on any atom is -0.350 e. The van der Waals surface area contributed by atoms with Crippen molar-refractivity contribution in [1.29, 1.82) is 0 Å². The quantitative estimate of drug-likeness (QED) is 0.726. The standard InChI is InChI=1S/C21H30N2O5S/c24-20(22-10-4-5-18(16-22)21-27-13-14-28-21)15-17-6-8-19(9-7-17)29(25,26)23-11-2-1-3-12-23/h6-9,18,21H,1-5,10-16H2. The second kappa shape index (κ2) is 9.12. The minimum absolute atomic E-state index is 0.0688. The number of hydrogen-bond acceptors (Lipinski definition) is 5. The van der Waals surface area contributed by atoms with Crippen molar-refractivity contribution >= 4 is 15.9 Å². The highest BCUT2D eigenvalue weighted by atomic mass is 32.2. The summed E-state index contributed by atoms with van der Waals surface area (Å²) in [6, 6.07) is 6.79. The summed E-state index contributed by atoms with van der Waals surface area (Å²) in [5, 5.41) is 0. The van der Waals surface area contributed by atoms with Crippen LogP contribution in [0, 0.1) is 5.92 Å². The molecule has 1 unspecified atom stereocenters. The first kappa shape index (κ1) is 20.8. The third kappa shape index (κ3) is 4.82. The van der Waals surface area contributed by atoms with E-state index in [-0.39, 0.29) is 24.5 Å². The van der Waals surface area contributed by atoms with Gasteiger partial charge in [0, 0.05) is 32.1 Å². The summed E-state index contributed by atoms with van der Waals surface area (Å²) in [5.74, 6) is 0.298. The molecule has 3 fully saturated rings. The normalized spacial score (nSPS) is 24.7. The summed E-state index contributed by atoms with van der Waals surface area (Å²) in [7, 11) is -3.43. The molecule has 0 aliphatic carbocycles. The van der Waals surface area contributed by atoms with Crippen molar-refractivity contribution < 1.29 is 22.7 Å². The maximum absolute atomic E-state index is 12.8. The first-order chi connectivity index (χ1) is 14.0. The predicted octanol–water partition coefficient (Wildman–Crippen LogP) is 2.02. The van der Waals surface area contributed by atoms with Crippen molar-refractivity contribution in [1.82, 2.24) is 9.21 Å². The molecule has 1 aromatic carbocycles. The van der Waals surface area contributed by atoms with E-state index in [0.717, 1.165) is 44.2 Å². The first-order valence-electron chi connectivity index (χ1n) is 10.6. The molecule has 0 spiro atoms. The molecule has 8 heteroatoms. The largest absolute Gasteiger partial charge is 0.350 e. The Balaban J connectivity index is 1.36. The Kier molecular flexibility index (Phi) is 6.53. The molecule has 7 nitrogen and oxygen atoms in total. The van der Waals surface area contributed by atoms with E-state index >= 15 is 0 Å². The Labute approximate surface area is 173 Å². The molecule has 3 aliphatic rings. The number of carbonyl (C=O) groups is 1. The molecular formula is C21H30N2O5S. The summed E-state index contributed by atoms with van der Waals surface area (Å²) in [6.07, 6.45) is 4.97. The molecule has 3 aliphatic heterocycles. The molecule has 3 heterocycles. The number of likely N-dealkylation sites (tertiary alicyclic amines) is 1. The number of piperidine rings is 2.